The Hall–Kier alpha value is -3.55. The van der Waals surface area contributed by atoms with Crippen LogP contribution in [0, 0.1) is 0 Å². The van der Waals surface area contributed by atoms with Gasteiger partial charge in [0, 0.05) is 23.3 Å². The van der Waals surface area contributed by atoms with Crippen LogP contribution in [0.1, 0.15) is 10.4 Å². The fourth-order valence-corrected chi connectivity index (χ4v) is 3.39. The Morgan fingerprint density at radius 1 is 1.03 bits per heavy atom. The number of aromatic nitrogens is 1. The Kier molecular flexibility index (Phi) is 6.43. The number of nitrogens with two attached hydrogens (primary N) is 1. The molecule has 1 amide bonds. The molecule has 0 unspecified atom stereocenters. The van der Waals surface area contributed by atoms with E-state index in [4.69, 9.17) is 5.73 Å². The number of oxime groups is 1. The summed E-state index contributed by atoms with van der Waals surface area (Å²) in [6.07, 6.45) is 4.71. The second-order valence-electron chi connectivity index (χ2n) is 6.59. The van der Waals surface area contributed by atoms with Crippen LogP contribution in [0.3, 0.4) is 0 Å². The second-order valence-corrected chi connectivity index (χ2v) is 9.70. The third-order valence-electron chi connectivity index (χ3n) is 3.97. The molecule has 168 valence electrons. The minimum absolute atomic E-state index is 0.00489. The van der Waals surface area contributed by atoms with Gasteiger partial charge >= 0.3 is 10.1 Å². The molecule has 0 fully saturated rings. The smallest absolute Gasteiger partial charge is 0.325 e. The first kappa shape index (κ1) is 23.1. The first-order valence-electron chi connectivity index (χ1n) is 8.84. The van der Waals surface area contributed by atoms with Crippen molar-refractivity contribution in [1.82, 2.24) is 10.0 Å². The van der Waals surface area contributed by atoms with Crippen LogP contribution in [0.5, 0.6) is 0 Å². The zero-order chi connectivity index (χ0) is 23.5. The number of nitrogens with zero attached hydrogens (tertiary/aromatic N) is 3. The maximum atomic E-state index is 13.0. The van der Waals surface area contributed by atoms with Crippen molar-refractivity contribution in [2.24, 2.45) is 10.9 Å². The highest BCUT2D eigenvalue weighted by atomic mass is 32.2. The van der Waals surface area contributed by atoms with Crippen molar-refractivity contribution < 1.29 is 30.2 Å². The molecular weight excluding hydrogens is 460 g/mol. The number of guanidine groups is 1. The lowest BCUT2D eigenvalue weighted by molar-refractivity contribution is 0.0190. The van der Waals surface area contributed by atoms with Gasteiger partial charge in [-0.2, -0.15) is 16.8 Å². The van der Waals surface area contributed by atoms with Crippen LogP contribution in [-0.4, -0.2) is 51.3 Å². The van der Waals surface area contributed by atoms with Gasteiger partial charge in [-0.25, -0.2) is 0 Å². The standard InChI is InChI=1S/C19H18N4O7S2/c1-31(25,26)29-22-19(20)23(30-32(2,27)28)18(24)14-6-3-5-13(11-14)16-8-4-7-15-12-21-10-9-17(15)16/h3-12H,1-2H3,(H2,20,22). The molecule has 32 heavy (non-hydrogen) atoms. The molecule has 2 aromatic carbocycles. The van der Waals surface area contributed by atoms with Gasteiger partial charge in [-0.15, -0.1) is 9.35 Å². The van der Waals surface area contributed by atoms with E-state index in [0.29, 0.717) is 18.1 Å². The fraction of sp³-hybridized carbons (Fsp3) is 0.105. The van der Waals surface area contributed by atoms with Gasteiger partial charge in [0.25, 0.3) is 22.0 Å². The molecule has 3 aromatic rings. The number of hydrogen-bond acceptors (Lipinski definition) is 9. The number of benzene rings is 2. The maximum absolute atomic E-state index is 13.0. The topological polar surface area (TPSA) is 158 Å². The van der Waals surface area contributed by atoms with Gasteiger partial charge in [-0.05, 0) is 39.9 Å². The minimum atomic E-state index is -4.23. The van der Waals surface area contributed by atoms with E-state index in [1.54, 1.807) is 24.5 Å². The Bertz CT molecular complexity index is 1420. The normalized spacial score (nSPS) is 12.5. The molecule has 1 aromatic heterocycles. The molecule has 1 heterocycles. The highest BCUT2D eigenvalue weighted by molar-refractivity contribution is 7.86. The summed E-state index contributed by atoms with van der Waals surface area (Å²) in [5.74, 6) is -1.95. The lowest BCUT2D eigenvalue weighted by Crippen LogP contribution is -2.43. The number of pyridine rings is 1. The third kappa shape index (κ3) is 5.78. The molecule has 0 aliphatic carbocycles. The summed E-state index contributed by atoms with van der Waals surface area (Å²) >= 11 is 0. The van der Waals surface area contributed by atoms with E-state index in [2.05, 4.69) is 18.7 Å². The SMILES string of the molecule is CS(=O)(=O)O/N=C(\N)N(OS(C)(=O)=O)C(=O)c1cccc(-c2cccc3cnccc23)c1. The monoisotopic (exact) mass is 478 g/mol. The van der Waals surface area contributed by atoms with Gasteiger partial charge in [-0.3, -0.25) is 14.1 Å². The molecule has 0 atom stereocenters. The number of amides is 1. The predicted octanol–water partition coefficient (Wildman–Crippen LogP) is 1.44. The number of carbonyl (C=O) groups excluding carboxylic acids is 1. The quantitative estimate of drug-likeness (QED) is 0.314. The Morgan fingerprint density at radius 2 is 1.75 bits per heavy atom. The number of fused-ring (bicyclic) bond motifs is 1. The largest absolute Gasteiger partial charge is 0.365 e. The second kappa shape index (κ2) is 8.90. The van der Waals surface area contributed by atoms with Gasteiger partial charge in [-0.1, -0.05) is 30.3 Å². The highest BCUT2D eigenvalue weighted by Gasteiger charge is 2.26. The molecule has 0 saturated heterocycles. The van der Waals surface area contributed by atoms with Crippen LogP contribution in [0.15, 0.2) is 66.1 Å². The lowest BCUT2D eigenvalue weighted by Gasteiger charge is -2.18. The minimum Gasteiger partial charge on any atom is -0.365 e. The number of rotatable bonds is 6. The third-order valence-corrected chi connectivity index (χ3v) is 4.74. The summed E-state index contributed by atoms with van der Waals surface area (Å²) < 4.78 is 54.3. The molecule has 0 spiro atoms. The van der Waals surface area contributed by atoms with E-state index >= 15 is 0 Å². The van der Waals surface area contributed by atoms with Crippen molar-refractivity contribution in [1.29, 1.82) is 0 Å². The molecule has 2 N–H and O–H groups in total. The van der Waals surface area contributed by atoms with E-state index in [1.165, 1.54) is 12.1 Å². The summed E-state index contributed by atoms with van der Waals surface area (Å²) in [7, 11) is -8.30. The Balaban J connectivity index is 2.04. The van der Waals surface area contributed by atoms with Crippen molar-refractivity contribution in [2.75, 3.05) is 12.5 Å². The van der Waals surface area contributed by atoms with Crippen LogP contribution in [0.2, 0.25) is 0 Å². The highest BCUT2D eigenvalue weighted by Crippen LogP contribution is 2.29. The number of hydrogen-bond donors (Lipinski definition) is 1. The van der Waals surface area contributed by atoms with Crippen LogP contribution >= 0.6 is 0 Å². The molecule has 0 aliphatic heterocycles. The van der Waals surface area contributed by atoms with Gasteiger partial charge in [0.1, 0.15) is 0 Å². The average Bonchev–Trinajstić information content (AvgIpc) is 2.74. The average molecular weight is 479 g/mol. The first-order chi connectivity index (χ1) is 14.9. The van der Waals surface area contributed by atoms with Gasteiger partial charge in [0.05, 0.1) is 12.5 Å². The van der Waals surface area contributed by atoms with Gasteiger partial charge < -0.3 is 5.73 Å². The summed E-state index contributed by atoms with van der Waals surface area (Å²) in [4.78, 5) is 17.1. The van der Waals surface area contributed by atoms with E-state index < -0.39 is 32.1 Å². The van der Waals surface area contributed by atoms with Crippen molar-refractivity contribution >= 4 is 42.9 Å². The summed E-state index contributed by atoms with van der Waals surface area (Å²) in [6, 6.07) is 13.7. The van der Waals surface area contributed by atoms with E-state index in [-0.39, 0.29) is 10.6 Å². The predicted molar refractivity (Wildman–Crippen MR) is 117 cm³/mol. The molecule has 0 bridgehead atoms. The number of hydroxylamine groups is 2. The molecule has 0 aliphatic rings. The van der Waals surface area contributed by atoms with E-state index in [1.807, 2.05) is 24.3 Å². The summed E-state index contributed by atoms with van der Waals surface area (Å²) in [6.45, 7) is 0. The van der Waals surface area contributed by atoms with E-state index in [0.717, 1.165) is 16.3 Å². The molecule has 13 heteroatoms. The summed E-state index contributed by atoms with van der Waals surface area (Å²) in [5, 5.41) is 4.97. The van der Waals surface area contributed by atoms with Gasteiger partial charge in [0.2, 0.25) is 0 Å². The van der Waals surface area contributed by atoms with E-state index in [9.17, 15) is 21.6 Å². The van der Waals surface area contributed by atoms with Crippen molar-refractivity contribution in [3.05, 3.63) is 66.5 Å². The molecular formula is C19H18N4O7S2. The maximum Gasteiger partial charge on any atom is 0.325 e. The summed E-state index contributed by atoms with van der Waals surface area (Å²) in [5.41, 5.74) is 7.01. The Morgan fingerprint density at radius 3 is 2.44 bits per heavy atom. The molecule has 0 radical (unpaired) electrons. The molecule has 3 rings (SSSR count). The van der Waals surface area contributed by atoms with Crippen molar-refractivity contribution in [2.45, 2.75) is 0 Å². The van der Waals surface area contributed by atoms with Crippen LogP contribution in [-0.2, 0) is 28.8 Å². The number of carbonyl (C=O) groups is 1. The van der Waals surface area contributed by atoms with Crippen molar-refractivity contribution in [3.8, 4) is 11.1 Å². The van der Waals surface area contributed by atoms with Crippen LogP contribution in [0.4, 0.5) is 0 Å². The molecule has 11 nitrogen and oxygen atoms in total. The lowest BCUT2D eigenvalue weighted by atomic mass is 9.98. The first-order valence-corrected chi connectivity index (χ1v) is 12.5. The van der Waals surface area contributed by atoms with Crippen LogP contribution in [0.25, 0.3) is 21.9 Å². The van der Waals surface area contributed by atoms with Crippen LogP contribution < -0.4 is 5.73 Å². The Labute approximate surface area is 184 Å². The fourth-order valence-electron chi connectivity index (χ4n) is 2.77. The van der Waals surface area contributed by atoms with Crippen molar-refractivity contribution in [3.63, 3.8) is 0 Å². The zero-order valence-electron chi connectivity index (χ0n) is 16.9. The molecule has 0 saturated carbocycles. The zero-order valence-corrected chi connectivity index (χ0v) is 18.5. The van der Waals surface area contributed by atoms with Gasteiger partial charge in [0.15, 0.2) is 0 Å².